The zero-order chi connectivity index (χ0) is 14.0. The van der Waals surface area contributed by atoms with Crippen LogP contribution in [0.4, 0.5) is 18.9 Å². The van der Waals surface area contributed by atoms with Crippen LogP contribution in [0, 0.1) is 12.8 Å². The molecule has 1 saturated heterocycles. The van der Waals surface area contributed by atoms with Gasteiger partial charge in [0.05, 0.1) is 12.5 Å². The summed E-state index contributed by atoms with van der Waals surface area (Å²) in [5, 5.41) is 9.28. The molecule has 3 nitrogen and oxygen atoms in total. The monoisotopic (exact) mass is 274 g/mol. The number of halogens is 3. The van der Waals surface area contributed by atoms with E-state index in [1.807, 2.05) is 0 Å². The molecule has 1 aliphatic heterocycles. The molecule has 0 radical (unpaired) electrons. The summed E-state index contributed by atoms with van der Waals surface area (Å²) in [7, 11) is 0. The number of aryl methyl sites for hydroxylation is 1. The zero-order valence-corrected chi connectivity index (χ0v) is 10.7. The molecule has 106 valence electrons. The number of piperidine rings is 1. The number of nitrogens with zero attached hydrogens (tertiary/aromatic N) is 2. The van der Waals surface area contributed by atoms with Crippen LogP contribution >= 0.6 is 0 Å². The van der Waals surface area contributed by atoms with Crippen LogP contribution in [-0.4, -0.2) is 29.4 Å². The fourth-order valence-corrected chi connectivity index (χ4v) is 2.45. The highest BCUT2D eigenvalue weighted by molar-refractivity contribution is 5.53. The van der Waals surface area contributed by atoms with Crippen molar-refractivity contribution in [2.75, 3.05) is 18.0 Å². The van der Waals surface area contributed by atoms with Gasteiger partial charge in [-0.05, 0) is 25.8 Å². The number of hydrogen-bond acceptors (Lipinski definition) is 3. The average Bonchev–Trinajstić information content (AvgIpc) is 2.38. The Bertz CT molecular complexity index is 448. The van der Waals surface area contributed by atoms with Crippen LogP contribution in [0.5, 0.6) is 0 Å². The summed E-state index contributed by atoms with van der Waals surface area (Å²) >= 11 is 0. The van der Waals surface area contributed by atoms with Gasteiger partial charge in [-0.2, -0.15) is 13.2 Å². The molecular weight excluding hydrogens is 257 g/mol. The molecule has 1 aliphatic rings. The fourth-order valence-electron chi connectivity index (χ4n) is 2.45. The molecule has 0 spiro atoms. The minimum atomic E-state index is -4.15. The van der Waals surface area contributed by atoms with E-state index in [2.05, 4.69) is 4.98 Å². The molecule has 0 bridgehead atoms. The van der Waals surface area contributed by atoms with Crippen LogP contribution in [0.15, 0.2) is 12.3 Å². The summed E-state index contributed by atoms with van der Waals surface area (Å²) in [6, 6.07) is 1.74. The largest absolute Gasteiger partial charge is 0.393 e. The normalized spacial score (nSPS) is 20.7. The van der Waals surface area contributed by atoms with Crippen molar-refractivity contribution in [3.05, 3.63) is 23.5 Å². The van der Waals surface area contributed by atoms with Gasteiger partial charge in [0.2, 0.25) is 0 Å². The van der Waals surface area contributed by atoms with Crippen LogP contribution in [0.3, 0.4) is 0 Å². The number of aromatic nitrogens is 1. The van der Waals surface area contributed by atoms with Crippen LogP contribution in [0.25, 0.3) is 0 Å². The van der Waals surface area contributed by atoms with E-state index in [1.165, 1.54) is 6.20 Å². The number of pyridine rings is 1. The molecule has 0 saturated carbocycles. The highest BCUT2D eigenvalue weighted by atomic mass is 19.4. The van der Waals surface area contributed by atoms with Crippen molar-refractivity contribution < 1.29 is 18.3 Å². The lowest BCUT2D eigenvalue weighted by Gasteiger charge is -2.36. The van der Waals surface area contributed by atoms with Gasteiger partial charge in [0.1, 0.15) is 0 Å². The van der Waals surface area contributed by atoms with Crippen molar-refractivity contribution in [1.29, 1.82) is 0 Å². The maximum atomic E-state index is 12.8. The molecule has 1 unspecified atom stereocenters. The van der Waals surface area contributed by atoms with E-state index in [4.69, 9.17) is 0 Å². The Labute approximate surface area is 110 Å². The second-order valence-electron chi connectivity index (χ2n) is 4.94. The molecule has 1 N–H and O–H groups in total. The zero-order valence-electron chi connectivity index (χ0n) is 10.7. The number of aliphatic hydroxyl groups excluding tert-OH is 1. The predicted molar refractivity (Wildman–Crippen MR) is 65.9 cm³/mol. The third kappa shape index (κ3) is 3.18. The van der Waals surface area contributed by atoms with Crippen molar-refractivity contribution in [3.8, 4) is 0 Å². The van der Waals surface area contributed by atoms with Gasteiger partial charge in [0.15, 0.2) is 0 Å². The Kier molecular flexibility index (Phi) is 3.99. The third-order valence-electron chi connectivity index (χ3n) is 3.49. The van der Waals surface area contributed by atoms with E-state index in [-0.39, 0.29) is 19.6 Å². The van der Waals surface area contributed by atoms with Gasteiger partial charge in [0.25, 0.3) is 0 Å². The first-order valence-electron chi connectivity index (χ1n) is 6.30. The molecule has 0 aromatic carbocycles. The number of alkyl halides is 3. The Morgan fingerprint density at radius 1 is 1.47 bits per heavy atom. The first-order chi connectivity index (χ1) is 8.91. The van der Waals surface area contributed by atoms with Crippen molar-refractivity contribution in [1.82, 2.24) is 4.98 Å². The van der Waals surface area contributed by atoms with Crippen LogP contribution < -0.4 is 4.90 Å². The van der Waals surface area contributed by atoms with E-state index in [0.717, 1.165) is 5.69 Å². The molecule has 2 heterocycles. The number of anilines is 1. The van der Waals surface area contributed by atoms with E-state index in [0.29, 0.717) is 24.2 Å². The molecule has 1 fully saturated rings. The second-order valence-corrected chi connectivity index (χ2v) is 4.94. The fraction of sp³-hybridized carbons (Fsp3) is 0.615. The lowest BCUT2D eigenvalue weighted by molar-refractivity contribution is -0.176. The minimum Gasteiger partial charge on any atom is -0.392 e. The molecule has 1 atom stereocenters. The highest BCUT2D eigenvalue weighted by Crippen LogP contribution is 2.35. The molecular formula is C13H17F3N2O. The van der Waals surface area contributed by atoms with Gasteiger partial charge in [-0.3, -0.25) is 4.98 Å². The molecule has 19 heavy (non-hydrogen) atoms. The number of rotatable bonds is 2. The quantitative estimate of drug-likeness (QED) is 0.900. The molecule has 2 rings (SSSR count). The van der Waals surface area contributed by atoms with Gasteiger partial charge >= 0.3 is 6.18 Å². The molecule has 1 aromatic rings. The highest BCUT2D eigenvalue weighted by Gasteiger charge is 2.42. The topological polar surface area (TPSA) is 36.4 Å². The first kappa shape index (κ1) is 14.1. The molecule has 6 heteroatoms. The van der Waals surface area contributed by atoms with Crippen LogP contribution in [0.1, 0.15) is 24.1 Å². The summed E-state index contributed by atoms with van der Waals surface area (Å²) in [6.45, 7) is 2.12. The van der Waals surface area contributed by atoms with Crippen LogP contribution in [-0.2, 0) is 6.61 Å². The van der Waals surface area contributed by atoms with Gasteiger partial charge in [-0.25, -0.2) is 0 Å². The van der Waals surface area contributed by atoms with Crippen molar-refractivity contribution in [2.45, 2.75) is 32.5 Å². The van der Waals surface area contributed by atoms with E-state index >= 15 is 0 Å². The summed E-state index contributed by atoms with van der Waals surface area (Å²) in [4.78, 5) is 5.77. The molecule has 0 aliphatic carbocycles. The van der Waals surface area contributed by atoms with Crippen molar-refractivity contribution >= 4 is 5.69 Å². The lowest BCUT2D eigenvalue weighted by Crippen LogP contribution is -2.42. The Morgan fingerprint density at radius 2 is 2.21 bits per heavy atom. The van der Waals surface area contributed by atoms with E-state index in [9.17, 15) is 18.3 Å². The third-order valence-corrected chi connectivity index (χ3v) is 3.49. The SMILES string of the molecule is Cc1cc(N2CCCC(C(F)(F)F)C2)c(CO)cn1. The maximum Gasteiger partial charge on any atom is 0.393 e. The molecule has 0 amide bonds. The van der Waals surface area contributed by atoms with E-state index in [1.54, 1.807) is 17.9 Å². The second kappa shape index (κ2) is 5.36. The Morgan fingerprint density at radius 3 is 2.84 bits per heavy atom. The Hall–Kier alpha value is -1.30. The van der Waals surface area contributed by atoms with Crippen molar-refractivity contribution in [2.24, 2.45) is 5.92 Å². The summed E-state index contributed by atoms with van der Waals surface area (Å²) < 4.78 is 38.4. The smallest absolute Gasteiger partial charge is 0.392 e. The summed E-state index contributed by atoms with van der Waals surface area (Å²) in [5.74, 6) is -1.29. The lowest BCUT2D eigenvalue weighted by atomic mass is 9.96. The standard InChI is InChI=1S/C13H17F3N2O/c1-9-5-12(10(8-19)6-17-9)18-4-2-3-11(7-18)13(14,15)16/h5-6,11,19H,2-4,7-8H2,1H3. The predicted octanol–water partition coefficient (Wildman–Crippen LogP) is 2.66. The number of hydrogen-bond donors (Lipinski definition) is 1. The van der Waals surface area contributed by atoms with Gasteiger partial charge < -0.3 is 10.0 Å². The summed E-state index contributed by atoms with van der Waals surface area (Å²) in [5.41, 5.74) is 1.98. The van der Waals surface area contributed by atoms with Gasteiger partial charge in [-0.15, -0.1) is 0 Å². The summed E-state index contributed by atoms with van der Waals surface area (Å²) in [6.07, 6.45) is -1.93. The number of aliphatic hydroxyl groups is 1. The van der Waals surface area contributed by atoms with Crippen molar-refractivity contribution in [3.63, 3.8) is 0 Å². The van der Waals surface area contributed by atoms with Gasteiger partial charge in [0, 0.05) is 36.2 Å². The van der Waals surface area contributed by atoms with E-state index < -0.39 is 12.1 Å². The minimum absolute atomic E-state index is 0.0417. The van der Waals surface area contributed by atoms with Crippen LogP contribution in [0.2, 0.25) is 0 Å². The average molecular weight is 274 g/mol. The maximum absolute atomic E-state index is 12.8. The van der Waals surface area contributed by atoms with Gasteiger partial charge in [-0.1, -0.05) is 0 Å². The molecule has 1 aromatic heterocycles. The Balaban J connectivity index is 2.24. The first-order valence-corrected chi connectivity index (χ1v) is 6.30.